The molecule has 0 aromatic heterocycles. The topological polar surface area (TPSA) is 55.6 Å². The van der Waals surface area contributed by atoms with Crippen LogP contribution in [0.15, 0.2) is 18.2 Å². The maximum absolute atomic E-state index is 12.1. The SMILES string of the molecule is CCOC(=O)c1cccc(N)c1N(CC1CC1)C(C)C. The Labute approximate surface area is 120 Å². The van der Waals surface area contributed by atoms with Gasteiger partial charge < -0.3 is 15.4 Å². The van der Waals surface area contributed by atoms with Gasteiger partial charge in [0.05, 0.1) is 23.5 Å². The lowest BCUT2D eigenvalue weighted by atomic mass is 10.1. The molecule has 0 aliphatic heterocycles. The van der Waals surface area contributed by atoms with Crippen LogP contribution in [0.4, 0.5) is 11.4 Å². The molecular weight excluding hydrogens is 252 g/mol. The third kappa shape index (κ3) is 3.24. The van der Waals surface area contributed by atoms with E-state index >= 15 is 0 Å². The van der Waals surface area contributed by atoms with Crippen molar-refractivity contribution in [2.75, 3.05) is 23.8 Å². The van der Waals surface area contributed by atoms with E-state index in [1.807, 2.05) is 13.0 Å². The van der Waals surface area contributed by atoms with Crippen molar-refractivity contribution in [3.63, 3.8) is 0 Å². The number of esters is 1. The fourth-order valence-corrected chi connectivity index (χ4v) is 2.39. The molecule has 2 N–H and O–H groups in total. The number of hydrogen-bond donors (Lipinski definition) is 1. The van der Waals surface area contributed by atoms with Gasteiger partial charge in [-0.1, -0.05) is 6.07 Å². The average Bonchev–Trinajstić information content (AvgIpc) is 3.20. The molecule has 4 nitrogen and oxygen atoms in total. The molecule has 4 heteroatoms. The van der Waals surface area contributed by atoms with Crippen molar-refractivity contribution in [3.05, 3.63) is 23.8 Å². The molecule has 0 saturated heterocycles. The maximum Gasteiger partial charge on any atom is 0.340 e. The van der Waals surface area contributed by atoms with Gasteiger partial charge in [0.2, 0.25) is 0 Å². The zero-order valence-electron chi connectivity index (χ0n) is 12.6. The summed E-state index contributed by atoms with van der Waals surface area (Å²) in [6, 6.07) is 5.75. The first-order valence-electron chi connectivity index (χ1n) is 7.36. The molecule has 0 atom stereocenters. The molecule has 0 spiro atoms. The highest BCUT2D eigenvalue weighted by atomic mass is 16.5. The van der Waals surface area contributed by atoms with Gasteiger partial charge in [-0.2, -0.15) is 0 Å². The first kappa shape index (κ1) is 14.7. The van der Waals surface area contributed by atoms with Crippen LogP contribution in [0.5, 0.6) is 0 Å². The number of hydrogen-bond acceptors (Lipinski definition) is 4. The minimum Gasteiger partial charge on any atom is -0.462 e. The summed E-state index contributed by atoms with van der Waals surface area (Å²) in [7, 11) is 0. The number of carbonyl (C=O) groups is 1. The van der Waals surface area contributed by atoms with Crippen molar-refractivity contribution in [2.24, 2.45) is 5.92 Å². The molecular formula is C16H24N2O2. The lowest BCUT2D eigenvalue weighted by Gasteiger charge is -2.31. The molecule has 0 radical (unpaired) electrons. The number of para-hydroxylation sites is 1. The van der Waals surface area contributed by atoms with E-state index in [0.29, 0.717) is 23.9 Å². The second kappa shape index (κ2) is 6.16. The first-order valence-corrected chi connectivity index (χ1v) is 7.36. The van der Waals surface area contributed by atoms with E-state index in [2.05, 4.69) is 18.7 Å². The predicted molar refractivity (Wildman–Crippen MR) is 82.0 cm³/mol. The highest BCUT2D eigenvalue weighted by molar-refractivity contribution is 5.99. The molecule has 2 rings (SSSR count). The minimum absolute atomic E-state index is 0.295. The zero-order chi connectivity index (χ0) is 14.7. The van der Waals surface area contributed by atoms with Gasteiger partial charge in [0.25, 0.3) is 0 Å². The second-order valence-electron chi connectivity index (χ2n) is 5.65. The van der Waals surface area contributed by atoms with Crippen LogP contribution in [-0.2, 0) is 4.74 Å². The Bertz CT molecular complexity index is 481. The van der Waals surface area contributed by atoms with Gasteiger partial charge in [0, 0.05) is 12.6 Å². The lowest BCUT2D eigenvalue weighted by Crippen LogP contribution is -2.34. The molecule has 0 bridgehead atoms. The van der Waals surface area contributed by atoms with Crippen LogP contribution in [-0.4, -0.2) is 25.2 Å². The summed E-state index contributed by atoms with van der Waals surface area (Å²) >= 11 is 0. The van der Waals surface area contributed by atoms with Gasteiger partial charge in [-0.15, -0.1) is 0 Å². The molecule has 1 aliphatic rings. The Morgan fingerprint density at radius 3 is 2.70 bits per heavy atom. The Morgan fingerprint density at radius 1 is 1.45 bits per heavy atom. The zero-order valence-corrected chi connectivity index (χ0v) is 12.6. The predicted octanol–water partition coefficient (Wildman–Crippen LogP) is 3.07. The first-order chi connectivity index (χ1) is 9.54. The highest BCUT2D eigenvalue weighted by Gasteiger charge is 2.29. The van der Waals surface area contributed by atoms with Gasteiger partial charge >= 0.3 is 5.97 Å². The van der Waals surface area contributed by atoms with Crippen LogP contribution < -0.4 is 10.6 Å². The lowest BCUT2D eigenvalue weighted by molar-refractivity contribution is 0.0527. The van der Waals surface area contributed by atoms with Crippen LogP contribution >= 0.6 is 0 Å². The number of carbonyl (C=O) groups excluding carboxylic acids is 1. The van der Waals surface area contributed by atoms with E-state index < -0.39 is 0 Å². The quantitative estimate of drug-likeness (QED) is 0.641. The minimum atomic E-state index is -0.295. The van der Waals surface area contributed by atoms with Crippen LogP contribution in [0.1, 0.15) is 44.0 Å². The largest absolute Gasteiger partial charge is 0.462 e. The smallest absolute Gasteiger partial charge is 0.340 e. The van der Waals surface area contributed by atoms with Crippen LogP contribution in [0, 0.1) is 5.92 Å². The van der Waals surface area contributed by atoms with Crippen molar-refractivity contribution in [3.8, 4) is 0 Å². The summed E-state index contributed by atoms with van der Waals surface area (Å²) < 4.78 is 5.15. The molecule has 1 aromatic carbocycles. The molecule has 20 heavy (non-hydrogen) atoms. The Morgan fingerprint density at radius 2 is 2.15 bits per heavy atom. The molecule has 0 amide bonds. The summed E-state index contributed by atoms with van der Waals surface area (Å²) in [5.41, 5.74) is 8.18. The summed E-state index contributed by atoms with van der Waals surface area (Å²) in [5, 5.41) is 0. The molecule has 1 fully saturated rings. The highest BCUT2D eigenvalue weighted by Crippen LogP contribution is 2.36. The van der Waals surface area contributed by atoms with E-state index in [4.69, 9.17) is 10.5 Å². The third-order valence-electron chi connectivity index (χ3n) is 3.62. The normalized spacial score (nSPS) is 14.4. The average molecular weight is 276 g/mol. The van der Waals surface area contributed by atoms with Gasteiger partial charge in [-0.05, 0) is 51.7 Å². The van der Waals surface area contributed by atoms with Crippen LogP contribution in [0.2, 0.25) is 0 Å². The number of rotatable bonds is 6. The number of benzene rings is 1. The van der Waals surface area contributed by atoms with E-state index in [9.17, 15) is 4.79 Å². The number of nitrogen functional groups attached to an aromatic ring is 1. The summed E-state index contributed by atoms with van der Waals surface area (Å²) in [4.78, 5) is 14.4. The van der Waals surface area contributed by atoms with Gasteiger partial charge in [0.15, 0.2) is 0 Å². The van der Waals surface area contributed by atoms with Crippen LogP contribution in [0.25, 0.3) is 0 Å². The Kier molecular flexibility index (Phi) is 4.53. The van der Waals surface area contributed by atoms with Crippen molar-refractivity contribution in [1.29, 1.82) is 0 Å². The summed E-state index contributed by atoms with van der Waals surface area (Å²) in [6.07, 6.45) is 2.54. The van der Waals surface area contributed by atoms with Gasteiger partial charge in [-0.3, -0.25) is 0 Å². The number of nitrogens with zero attached hydrogens (tertiary/aromatic N) is 1. The molecule has 110 valence electrons. The van der Waals surface area contributed by atoms with Crippen LogP contribution in [0.3, 0.4) is 0 Å². The van der Waals surface area contributed by atoms with E-state index in [0.717, 1.165) is 18.2 Å². The van der Waals surface area contributed by atoms with Gasteiger partial charge in [0.1, 0.15) is 0 Å². The van der Waals surface area contributed by atoms with Crippen molar-refractivity contribution < 1.29 is 9.53 Å². The number of nitrogens with two attached hydrogens (primary N) is 1. The maximum atomic E-state index is 12.1. The monoisotopic (exact) mass is 276 g/mol. The summed E-state index contributed by atoms with van der Waals surface area (Å²) in [5.74, 6) is 0.434. The standard InChI is InChI=1S/C16H24N2O2/c1-4-20-16(19)13-6-5-7-14(17)15(13)18(11(2)3)10-12-8-9-12/h5-7,11-12H,4,8-10,17H2,1-3H3. The fourth-order valence-electron chi connectivity index (χ4n) is 2.39. The second-order valence-corrected chi connectivity index (χ2v) is 5.65. The Balaban J connectivity index is 2.37. The molecule has 1 saturated carbocycles. The number of anilines is 2. The van der Waals surface area contributed by atoms with Crippen molar-refractivity contribution >= 4 is 17.3 Å². The number of ether oxygens (including phenoxy) is 1. The Hall–Kier alpha value is -1.71. The molecule has 0 heterocycles. The van der Waals surface area contributed by atoms with E-state index in [1.165, 1.54) is 12.8 Å². The van der Waals surface area contributed by atoms with E-state index in [-0.39, 0.29) is 5.97 Å². The fraction of sp³-hybridized carbons (Fsp3) is 0.562. The van der Waals surface area contributed by atoms with Crippen molar-refractivity contribution in [1.82, 2.24) is 0 Å². The van der Waals surface area contributed by atoms with Gasteiger partial charge in [-0.25, -0.2) is 4.79 Å². The molecule has 1 aromatic rings. The van der Waals surface area contributed by atoms with Crippen molar-refractivity contribution in [2.45, 2.75) is 39.7 Å². The summed E-state index contributed by atoms with van der Waals surface area (Å²) in [6.45, 7) is 7.40. The molecule has 1 aliphatic carbocycles. The third-order valence-corrected chi connectivity index (χ3v) is 3.62. The van der Waals surface area contributed by atoms with E-state index in [1.54, 1.807) is 12.1 Å². The molecule has 0 unspecified atom stereocenters.